The summed E-state index contributed by atoms with van der Waals surface area (Å²) in [6.07, 6.45) is 1.67. The number of pyridine rings is 1. The summed E-state index contributed by atoms with van der Waals surface area (Å²) in [5.41, 5.74) is 0.474. The molecule has 0 fully saturated rings. The first-order valence-electron chi connectivity index (χ1n) is 5.61. The van der Waals surface area contributed by atoms with Gasteiger partial charge in [0.15, 0.2) is 5.78 Å². The molecule has 0 N–H and O–H groups in total. The van der Waals surface area contributed by atoms with Crippen molar-refractivity contribution < 1.29 is 4.79 Å². The summed E-state index contributed by atoms with van der Waals surface area (Å²) in [6.45, 7) is 0.0480. The number of hydrogen-bond donors (Lipinski definition) is 0. The monoisotopic (exact) mass is 431 g/mol. The van der Waals surface area contributed by atoms with Crippen molar-refractivity contribution in [3.05, 3.63) is 53.3 Å². The van der Waals surface area contributed by atoms with Crippen molar-refractivity contribution in [2.75, 3.05) is 0 Å². The molecular formula is C13H7Br2NO2S2. The maximum Gasteiger partial charge on any atom is 0.259 e. The van der Waals surface area contributed by atoms with Crippen molar-refractivity contribution in [1.82, 2.24) is 4.57 Å². The van der Waals surface area contributed by atoms with Crippen LogP contribution in [0.25, 0.3) is 10.1 Å². The lowest BCUT2D eigenvalue weighted by molar-refractivity contribution is 0.0971. The van der Waals surface area contributed by atoms with Crippen molar-refractivity contribution >= 4 is 70.4 Å². The minimum absolute atomic E-state index is 0.0480. The van der Waals surface area contributed by atoms with E-state index >= 15 is 0 Å². The van der Waals surface area contributed by atoms with Gasteiger partial charge >= 0.3 is 0 Å². The minimum Gasteiger partial charge on any atom is -0.307 e. The van der Waals surface area contributed by atoms with Crippen molar-refractivity contribution in [3.8, 4) is 0 Å². The third kappa shape index (κ3) is 2.55. The zero-order valence-electron chi connectivity index (χ0n) is 9.93. The molecule has 3 aromatic heterocycles. The summed E-state index contributed by atoms with van der Waals surface area (Å²) >= 11 is 9.68. The van der Waals surface area contributed by atoms with Gasteiger partial charge in [-0.1, -0.05) is 0 Å². The highest BCUT2D eigenvalue weighted by molar-refractivity contribution is 9.12. The van der Waals surface area contributed by atoms with Crippen LogP contribution in [0.5, 0.6) is 0 Å². The molecule has 3 heterocycles. The van der Waals surface area contributed by atoms with Gasteiger partial charge in [0, 0.05) is 16.5 Å². The first kappa shape index (κ1) is 14.2. The van der Waals surface area contributed by atoms with Crippen LogP contribution in [0, 0.1) is 0 Å². The Balaban J connectivity index is 1.97. The molecule has 7 heteroatoms. The van der Waals surface area contributed by atoms with Gasteiger partial charge in [0.25, 0.3) is 5.56 Å². The van der Waals surface area contributed by atoms with E-state index in [1.165, 1.54) is 27.2 Å². The van der Waals surface area contributed by atoms with Gasteiger partial charge in [-0.25, -0.2) is 0 Å². The normalized spacial score (nSPS) is 11.1. The molecule has 0 radical (unpaired) electrons. The number of Topliss-reactive ketones (excluding diaryl/α,β-unsaturated/α-hetero) is 1. The van der Waals surface area contributed by atoms with E-state index < -0.39 is 0 Å². The van der Waals surface area contributed by atoms with Crippen LogP contribution in [-0.4, -0.2) is 10.4 Å². The van der Waals surface area contributed by atoms with E-state index in [1.807, 2.05) is 11.4 Å². The SMILES string of the molecule is O=C(Cn1ccc2sccc2c1=O)c1cc(Br)sc1Br. The number of carbonyl (C=O) groups is 1. The maximum absolute atomic E-state index is 12.3. The molecule has 0 amide bonds. The number of hydrogen-bond acceptors (Lipinski definition) is 4. The molecule has 0 saturated carbocycles. The number of rotatable bonds is 3. The summed E-state index contributed by atoms with van der Waals surface area (Å²) in [6, 6.07) is 5.43. The molecule has 0 saturated heterocycles. The zero-order chi connectivity index (χ0) is 14.3. The van der Waals surface area contributed by atoms with Crippen molar-refractivity contribution in [2.24, 2.45) is 0 Å². The second-order valence-corrected chi connectivity index (χ2v) is 8.81. The van der Waals surface area contributed by atoms with Gasteiger partial charge in [0.05, 0.1) is 19.5 Å². The first-order valence-corrected chi connectivity index (χ1v) is 8.89. The van der Waals surface area contributed by atoms with Crippen LogP contribution in [0.4, 0.5) is 0 Å². The standard InChI is InChI=1S/C13H7Br2NO2S2/c14-11-5-8(12(15)20-11)9(17)6-16-3-1-10-7(13(16)18)2-4-19-10/h1-5H,6H2. The Labute approximate surface area is 139 Å². The number of fused-ring (bicyclic) bond motifs is 1. The van der Waals surface area contributed by atoms with Crippen LogP contribution in [0.3, 0.4) is 0 Å². The molecule has 0 atom stereocenters. The number of carbonyl (C=O) groups excluding carboxylic acids is 1. The topological polar surface area (TPSA) is 39.1 Å². The Bertz CT molecular complexity index is 863. The fourth-order valence-corrected chi connectivity index (χ4v) is 5.53. The lowest BCUT2D eigenvalue weighted by atomic mass is 10.2. The Kier molecular flexibility index (Phi) is 3.94. The number of thiophene rings is 2. The van der Waals surface area contributed by atoms with E-state index in [-0.39, 0.29) is 17.9 Å². The zero-order valence-corrected chi connectivity index (χ0v) is 14.7. The molecule has 20 heavy (non-hydrogen) atoms. The second kappa shape index (κ2) is 5.55. The van der Waals surface area contributed by atoms with E-state index in [0.29, 0.717) is 10.9 Å². The Morgan fingerprint density at radius 3 is 2.80 bits per heavy atom. The molecule has 0 unspecified atom stereocenters. The van der Waals surface area contributed by atoms with Gasteiger partial charge in [-0.2, -0.15) is 0 Å². The highest BCUT2D eigenvalue weighted by Crippen LogP contribution is 2.32. The molecule has 0 aromatic carbocycles. The molecule has 3 aromatic rings. The van der Waals surface area contributed by atoms with Crippen LogP contribution in [0.1, 0.15) is 10.4 Å². The van der Waals surface area contributed by atoms with E-state index in [1.54, 1.807) is 18.3 Å². The van der Waals surface area contributed by atoms with E-state index in [0.717, 1.165) is 12.3 Å². The van der Waals surface area contributed by atoms with Crippen molar-refractivity contribution in [1.29, 1.82) is 0 Å². The molecule has 102 valence electrons. The lowest BCUT2D eigenvalue weighted by Gasteiger charge is -2.04. The summed E-state index contributed by atoms with van der Waals surface area (Å²) in [5, 5.41) is 2.54. The third-order valence-electron chi connectivity index (χ3n) is 2.86. The van der Waals surface area contributed by atoms with Gasteiger partial charge in [0.2, 0.25) is 0 Å². The van der Waals surface area contributed by atoms with Crippen molar-refractivity contribution in [2.45, 2.75) is 6.54 Å². The highest BCUT2D eigenvalue weighted by Gasteiger charge is 2.15. The number of halogens is 2. The van der Waals surface area contributed by atoms with Gasteiger partial charge in [0.1, 0.15) is 0 Å². The van der Waals surface area contributed by atoms with Crippen LogP contribution >= 0.6 is 54.5 Å². The van der Waals surface area contributed by atoms with Crippen molar-refractivity contribution in [3.63, 3.8) is 0 Å². The lowest BCUT2D eigenvalue weighted by Crippen LogP contribution is -2.23. The molecule has 0 aliphatic heterocycles. The summed E-state index contributed by atoms with van der Waals surface area (Å²) in [7, 11) is 0. The summed E-state index contributed by atoms with van der Waals surface area (Å²) < 4.78 is 4.06. The molecule has 0 aliphatic carbocycles. The van der Waals surface area contributed by atoms with Gasteiger partial charge < -0.3 is 4.57 Å². The van der Waals surface area contributed by atoms with Crippen LogP contribution in [0.2, 0.25) is 0 Å². The first-order chi connectivity index (χ1) is 9.56. The molecular weight excluding hydrogens is 426 g/mol. The van der Waals surface area contributed by atoms with Gasteiger partial charge in [-0.15, -0.1) is 22.7 Å². The predicted molar refractivity (Wildman–Crippen MR) is 90.1 cm³/mol. The van der Waals surface area contributed by atoms with Crippen LogP contribution in [-0.2, 0) is 6.54 Å². The number of aromatic nitrogens is 1. The average Bonchev–Trinajstić information content (AvgIpc) is 2.99. The predicted octanol–water partition coefficient (Wildman–Crippen LogP) is 4.53. The number of nitrogens with zero attached hydrogens (tertiary/aromatic N) is 1. The third-order valence-corrected chi connectivity index (χ3v) is 6.08. The largest absolute Gasteiger partial charge is 0.307 e. The van der Waals surface area contributed by atoms with E-state index in [2.05, 4.69) is 31.9 Å². The smallest absolute Gasteiger partial charge is 0.259 e. The molecule has 0 spiro atoms. The average molecular weight is 433 g/mol. The number of ketones is 1. The molecule has 3 rings (SSSR count). The maximum atomic E-state index is 12.3. The molecule has 3 nitrogen and oxygen atoms in total. The Morgan fingerprint density at radius 2 is 2.10 bits per heavy atom. The minimum atomic E-state index is -0.123. The Morgan fingerprint density at radius 1 is 1.30 bits per heavy atom. The van der Waals surface area contributed by atoms with Gasteiger partial charge in [-0.3, -0.25) is 9.59 Å². The fourth-order valence-electron chi connectivity index (χ4n) is 1.90. The van der Waals surface area contributed by atoms with E-state index in [4.69, 9.17) is 0 Å². The quantitative estimate of drug-likeness (QED) is 0.570. The summed E-state index contributed by atoms with van der Waals surface area (Å²) in [5.74, 6) is -0.0875. The van der Waals surface area contributed by atoms with E-state index in [9.17, 15) is 9.59 Å². The Hall–Kier alpha value is -0.760. The second-order valence-electron chi connectivity index (χ2n) is 4.11. The molecule has 0 aliphatic rings. The summed E-state index contributed by atoms with van der Waals surface area (Å²) in [4.78, 5) is 24.5. The van der Waals surface area contributed by atoms with Crippen LogP contribution in [0.15, 0.2) is 42.1 Å². The highest BCUT2D eigenvalue weighted by atomic mass is 79.9. The fraction of sp³-hybridized carbons (Fsp3) is 0.0769. The van der Waals surface area contributed by atoms with Gasteiger partial charge in [-0.05, 0) is 55.4 Å². The van der Waals surface area contributed by atoms with Crippen LogP contribution < -0.4 is 5.56 Å². The molecule has 0 bridgehead atoms.